The van der Waals surface area contributed by atoms with Crippen molar-refractivity contribution < 1.29 is 117 Å². The zero-order valence-electron chi connectivity index (χ0n) is 47.0. The molecule has 0 aliphatic carbocycles. The molecule has 5 saturated heterocycles. The Kier molecular flexibility index (Phi) is 26.3. The van der Waals surface area contributed by atoms with Crippen LogP contribution in [-0.2, 0) is 76.0 Å². The number of ether oxygens (including phenoxy) is 12. The molecule has 0 aromatic rings. The van der Waals surface area contributed by atoms with Crippen LogP contribution >= 0.6 is 0 Å². The molecule has 5 fully saturated rings. The Hall–Kier alpha value is -2.76. The minimum Gasteiger partial charge on any atom is -0.463 e. The highest BCUT2D eigenvalue weighted by atomic mass is 16.8. The van der Waals surface area contributed by atoms with Gasteiger partial charge in [0.05, 0.1) is 54.4 Å². The Morgan fingerprint density at radius 1 is 0.551 bits per heavy atom. The van der Waals surface area contributed by atoms with Crippen molar-refractivity contribution in [1.82, 2.24) is 0 Å². The summed E-state index contributed by atoms with van der Waals surface area (Å²) in [7, 11) is 0. The SMILES string of the molecule is CCCCC[C@H]1CCCCCCCCCC(=O)O[C@@H]2[C@@H](O[C@@H]3O[C@H](C)[C@@H](OC(=O)C(C)C(C)O)[C@H](O)[C@H]3O)[C@H](C)O[C@@H](O[C@H]3[C@H](O[C@H]4[C@H](O1)O[C@H](C)[C@@H](O)[C@@H]4O)O[C@H](COC(=O)C(C)C(C)O)[C@@H](O)[C@@H]3O)[C@@H]2OC(=O)C(C)C. The average Bonchev–Trinajstić information content (AvgIpc) is 3.38. The number of carbonyl (C=O) groups excluding carboxylic acids is 4. The second-order valence-corrected chi connectivity index (χ2v) is 22.3. The van der Waals surface area contributed by atoms with Gasteiger partial charge in [0.2, 0.25) is 0 Å². The third kappa shape index (κ3) is 17.6. The van der Waals surface area contributed by atoms with Gasteiger partial charge in [-0.25, -0.2) is 0 Å². The van der Waals surface area contributed by atoms with Crippen molar-refractivity contribution in [3.63, 3.8) is 0 Å². The Balaban J connectivity index is 1.57. The van der Waals surface area contributed by atoms with E-state index in [1.165, 1.54) is 55.4 Å². The number of unbranched alkanes of at least 4 members (excludes halogenated alkanes) is 2. The molecular formula is C54H92O24. The van der Waals surface area contributed by atoms with Gasteiger partial charge in [0.25, 0.3) is 0 Å². The molecule has 5 aliphatic rings. The molecule has 5 heterocycles. The summed E-state index contributed by atoms with van der Waals surface area (Å²) in [5.41, 5.74) is 0. The number of aliphatic hydroxyl groups is 8. The maximum absolute atomic E-state index is 14.0. The maximum atomic E-state index is 14.0. The van der Waals surface area contributed by atoms with E-state index >= 15 is 0 Å². The fraction of sp³-hybridized carbons (Fsp3) is 0.926. The van der Waals surface area contributed by atoms with Crippen molar-refractivity contribution in [1.29, 1.82) is 0 Å². The lowest BCUT2D eigenvalue weighted by atomic mass is 9.95. The first kappa shape index (κ1) is 66.0. The smallest absolute Gasteiger partial charge is 0.311 e. The topological polar surface area (TPSA) is 341 Å². The first-order valence-electron chi connectivity index (χ1n) is 28.3. The summed E-state index contributed by atoms with van der Waals surface area (Å²) in [6.07, 6.45) is -25.7. The molecule has 25 atom stereocenters. The number of fused-ring (bicyclic) bond motifs is 4. The van der Waals surface area contributed by atoms with Crippen molar-refractivity contribution in [2.75, 3.05) is 6.61 Å². The average molecular weight is 1130 g/mol. The molecule has 78 heavy (non-hydrogen) atoms. The van der Waals surface area contributed by atoms with Gasteiger partial charge in [-0.05, 0) is 67.7 Å². The van der Waals surface area contributed by atoms with Gasteiger partial charge in [0.1, 0.15) is 67.6 Å². The van der Waals surface area contributed by atoms with Crippen LogP contribution in [0.25, 0.3) is 0 Å². The monoisotopic (exact) mass is 1120 g/mol. The molecule has 2 bridgehead atoms. The van der Waals surface area contributed by atoms with E-state index in [1.807, 2.05) is 0 Å². The lowest BCUT2D eigenvalue weighted by Crippen LogP contribution is -2.68. The molecule has 5 rings (SSSR count). The number of hydrogen-bond acceptors (Lipinski definition) is 24. The molecule has 8 N–H and O–H groups in total. The molecule has 24 nitrogen and oxygen atoms in total. The number of esters is 4. The molecule has 4 unspecified atom stereocenters. The number of rotatable bonds is 15. The summed E-state index contributed by atoms with van der Waals surface area (Å²) in [6.45, 7) is 14.6. The molecule has 0 saturated carbocycles. The van der Waals surface area contributed by atoms with Crippen LogP contribution in [0.3, 0.4) is 0 Å². The second kappa shape index (κ2) is 31.1. The molecule has 5 aliphatic heterocycles. The summed E-state index contributed by atoms with van der Waals surface area (Å²) < 4.78 is 74.1. The van der Waals surface area contributed by atoms with E-state index in [0.717, 1.165) is 51.4 Å². The summed E-state index contributed by atoms with van der Waals surface area (Å²) in [4.78, 5) is 53.6. The Bertz CT molecular complexity index is 1840. The van der Waals surface area contributed by atoms with E-state index in [-0.39, 0.29) is 12.5 Å². The summed E-state index contributed by atoms with van der Waals surface area (Å²) in [5, 5.41) is 89.9. The van der Waals surface area contributed by atoms with Gasteiger partial charge < -0.3 is 97.7 Å². The molecule has 0 aromatic carbocycles. The highest BCUT2D eigenvalue weighted by Gasteiger charge is 2.58. The molecule has 0 radical (unpaired) electrons. The van der Waals surface area contributed by atoms with Crippen LogP contribution in [0.1, 0.15) is 153 Å². The number of carbonyl (C=O) groups is 4. The van der Waals surface area contributed by atoms with Crippen LogP contribution < -0.4 is 0 Å². The lowest BCUT2D eigenvalue weighted by molar-refractivity contribution is -0.399. The summed E-state index contributed by atoms with van der Waals surface area (Å²) in [5.74, 6) is -6.11. The van der Waals surface area contributed by atoms with Crippen LogP contribution in [0.5, 0.6) is 0 Å². The summed E-state index contributed by atoms with van der Waals surface area (Å²) >= 11 is 0. The predicted molar refractivity (Wildman–Crippen MR) is 270 cm³/mol. The second-order valence-electron chi connectivity index (χ2n) is 22.3. The first-order valence-corrected chi connectivity index (χ1v) is 28.3. The molecule has 452 valence electrons. The van der Waals surface area contributed by atoms with Gasteiger partial charge in [-0.1, -0.05) is 78.6 Å². The van der Waals surface area contributed by atoms with Gasteiger partial charge in [-0.15, -0.1) is 0 Å². The van der Waals surface area contributed by atoms with Gasteiger partial charge in [0.15, 0.2) is 43.5 Å². The minimum atomic E-state index is -2.03. The third-order valence-corrected chi connectivity index (χ3v) is 15.5. The number of aliphatic hydroxyl groups excluding tert-OH is 8. The van der Waals surface area contributed by atoms with Crippen molar-refractivity contribution in [2.45, 2.75) is 294 Å². The lowest BCUT2D eigenvalue weighted by Gasteiger charge is -2.50. The van der Waals surface area contributed by atoms with E-state index in [4.69, 9.17) is 56.8 Å². The fourth-order valence-corrected chi connectivity index (χ4v) is 9.86. The maximum Gasteiger partial charge on any atom is 0.311 e. The van der Waals surface area contributed by atoms with Gasteiger partial charge >= 0.3 is 23.9 Å². The molecule has 0 spiro atoms. The van der Waals surface area contributed by atoms with Crippen LogP contribution in [-0.4, -0.2) is 212 Å². The summed E-state index contributed by atoms with van der Waals surface area (Å²) in [6, 6.07) is 0. The van der Waals surface area contributed by atoms with E-state index in [9.17, 15) is 60.0 Å². The minimum absolute atomic E-state index is 0.0848. The van der Waals surface area contributed by atoms with Crippen LogP contribution in [0.4, 0.5) is 0 Å². The van der Waals surface area contributed by atoms with E-state index < -0.39 is 183 Å². The standard InChI is InChI=1S/C54H92O24/c1-11-12-18-21-33-22-19-16-14-13-15-17-20-23-35(57)73-46-43(76-51-41(63)40(62)42(31(9)69-51)74-50(66)27(5)29(7)56)32(10)70-54(47(46)75-48(64)25(2)3)78-45-39(61)37(59)34(24-67-49(65)26(4)28(6)55)72-53(45)77-44-38(60)36(58)30(8)68-52(44)71-33/h25-34,36-47,51-56,58-63H,11-24H2,1-10H3/t26?,27?,28?,29?,30-,31-,32+,33+,34-,36-,37-,38+,39+,40-,41-,42-,43+,44-,45-,46-,47-,51+,52+,53+,54+/m1/s1. The van der Waals surface area contributed by atoms with Gasteiger partial charge in [0, 0.05) is 6.42 Å². The number of hydrogen-bond donors (Lipinski definition) is 8. The fourth-order valence-electron chi connectivity index (χ4n) is 9.86. The van der Waals surface area contributed by atoms with Crippen LogP contribution in [0.15, 0.2) is 0 Å². The van der Waals surface area contributed by atoms with E-state index in [1.54, 1.807) is 6.92 Å². The van der Waals surface area contributed by atoms with Crippen LogP contribution in [0, 0.1) is 17.8 Å². The third-order valence-electron chi connectivity index (χ3n) is 15.5. The highest BCUT2D eigenvalue weighted by molar-refractivity contribution is 5.73. The van der Waals surface area contributed by atoms with Crippen molar-refractivity contribution in [2.24, 2.45) is 17.8 Å². The van der Waals surface area contributed by atoms with Gasteiger partial charge in [-0.2, -0.15) is 0 Å². The van der Waals surface area contributed by atoms with E-state index in [0.29, 0.717) is 25.7 Å². The van der Waals surface area contributed by atoms with Crippen molar-refractivity contribution in [3.8, 4) is 0 Å². The van der Waals surface area contributed by atoms with E-state index in [2.05, 4.69) is 6.92 Å². The quantitative estimate of drug-likeness (QED) is 0.0657. The van der Waals surface area contributed by atoms with Crippen molar-refractivity contribution >= 4 is 23.9 Å². The molecule has 0 aromatic heterocycles. The van der Waals surface area contributed by atoms with Crippen molar-refractivity contribution in [3.05, 3.63) is 0 Å². The molecule has 0 amide bonds. The Morgan fingerprint density at radius 2 is 1.10 bits per heavy atom. The van der Waals surface area contributed by atoms with Gasteiger partial charge in [-0.3, -0.25) is 19.2 Å². The molecular weight excluding hydrogens is 1030 g/mol. The zero-order valence-corrected chi connectivity index (χ0v) is 47.0. The normalized spacial score (nSPS) is 40.5. The Labute approximate surface area is 457 Å². The predicted octanol–water partition coefficient (Wildman–Crippen LogP) is 1.73. The zero-order chi connectivity index (χ0) is 57.7. The molecule has 24 heteroatoms. The largest absolute Gasteiger partial charge is 0.463 e. The Morgan fingerprint density at radius 3 is 1.73 bits per heavy atom. The van der Waals surface area contributed by atoms with Crippen LogP contribution in [0.2, 0.25) is 0 Å². The first-order chi connectivity index (χ1) is 36.9. The highest BCUT2D eigenvalue weighted by Crippen LogP contribution is 2.38.